The summed E-state index contributed by atoms with van der Waals surface area (Å²) in [6, 6.07) is 4.26. The van der Waals surface area contributed by atoms with Crippen LogP contribution in [0.25, 0.3) is 0 Å². The van der Waals surface area contributed by atoms with Crippen molar-refractivity contribution in [3.8, 4) is 0 Å². The molecule has 0 saturated carbocycles. The standard InChI is InChI=1S/C12H13ClN2O.ClH/c1-6-2-3-7-8-4-14-5-9(8)15-12(16)10(7)11(6)13;/h2-3,8-9,14H,4-5H2,1H3,(H,15,16);1H/t8-,9+;/m1./s1. The summed E-state index contributed by atoms with van der Waals surface area (Å²) in [6.45, 7) is 3.69. The molecule has 0 spiro atoms. The molecule has 3 rings (SSSR count). The quantitative estimate of drug-likeness (QED) is 0.757. The molecule has 2 heterocycles. The predicted molar refractivity (Wildman–Crippen MR) is 70.3 cm³/mol. The number of halogens is 2. The molecule has 1 saturated heterocycles. The van der Waals surface area contributed by atoms with Crippen LogP contribution in [-0.4, -0.2) is 25.0 Å². The van der Waals surface area contributed by atoms with Gasteiger partial charge in [-0.05, 0) is 18.1 Å². The Bertz CT molecular complexity index is 476. The number of amides is 1. The maximum atomic E-state index is 12.0. The van der Waals surface area contributed by atoms with E-state index >= 15 is 0 Å². The summed E-state index contributed by atoms with van der Waals surface area (Å²) in [5.74, 6) is 0.333. The molecule has 0 aromatic heterocycles. The third-order valence-corrected chi connectivity index (χ3v) is 4.01. The minimum absolute atomic E-state index is 0. The predicted octanol–water partition coefficient (Wildman–Crippen LogP) is 1.87. The number of nitrogens with one attached hydrogen (secondary N) is 2. The first-order valence-corrected chi connectivity index (χ1v) is 5.87. The summed E-state index contributed by atoms with van der Waals surface area (Å²) in [5.41, 5.74) is 2.72. The topological polar surface area (TPSA) is 41.1 Å². The van der Waals surface area contributed by atoms with Gasteiger partial charge in [-0.3, -0.25) is 4.79 Å². The molecule has 3 nitrogen and oxygen atoms in total. The lowest BCUT2D eigenvalue weighted by Crippen LogP contribution is -2.44. The van der Waals surface area contributed by atoms with Crippen LogP contribution in [-0.2, 0) is 0 Å². The minimum Gasteiger partial charge on any atom is -0.347 e. The van der Waals surface area contributed by atoms with E-state index in [1.54, 1.807) is 0 Å². The number of carbonyl (C=O) groups excluding carboxylic acids is 1. The highest BCUT2D eigenvalue weighted by Crippen LogP contribution is 2.35. The van der Waals surface area contributed by atoms with E-state index in [1.165, 1.54) is 0 Å². The molecular formula is C12H14Cl2N2O. The second-order valence-electron chi connectivity index (χ2n) is 4.51. The Morgan fingerprint density at radius 1 is 1.35 bits per heavy atom. The van der Waals surface area contributed by atoms with Gasteiger partial charge in [0.05, 0.1) is 10.6 Å². The summed E-state index contributed by atoms with van der Waals surface area (Å²) >= 11 is 6.22. The number of hydrogen-bond donors (Lipinski definition) is 2. The molecule has 1 amide bonds. The van der Waals surface area contributed by atoms with Crippen LogP contribution >= 0.6 is 24.0 Å². The van der Waals surface area contributed by atoms with Gasteiger partial charge in [-0.1, -0.05) is 23.7 Å². The average molecular weight is 273 g/mol. The fraction of sp³-hybridized carbons (Fsp3) is 0.417. The summed E-state index contributed by atoms with van der Waals surface area (Å²) in [7, 11) is 0. The number of benzene rings is 1. The normalized spacial score (nSPS) is 25.6. The van der Waals surface area contributed by atoms with Crippen LogP contribution in [0.5, 0.6) is 0 Å². The third-order valence-electron chi connectivity index (χ3n) is 3.52. The molecule has 2 aliphatic rings. The zero-order valence-corrected chi connectivity index (χ0v) is 11.0. The van der Waals surface area contributed by atoms with Crippen LogP contribution in [0.3, 0.4) is 0 Å². The summed E-state index contributed by atoms with van der Waals surface area (Å²) in [6.07, 6.45) is 0. The highest BCUT2D eigenvalue weighted by Gasteiger charge is 2.37. The van der Waals surface area contributed by atoms with E-state index in [0.29, 0.717) is 16.5 Å². The number of fused-ring (bicyclic) bond motifs is 3. The largest absolute Gasteiger partial charge is 0.347 e. The van der Waals surface area contributed by atoms with E-state index in [4.69, 9.17) is 11.6 Å². The SMILES string of the molecule is Cc1ccc2c(c1Cl)C(=O)N[C@H]1CNC[C@H]21.Cl. The molecule has 0 unspecified atom stereocenters. The van der Waals surface area contributed by atoms with Crippen LogP contribution in [0.4, 0.5) is 0 Å². The van der Waals surface area contributed by atoms with Crippen molar-refractivity contribution in [3.05, 3.63) is 33.8 Å². The molecular weight excluding hydrogens is 259 g/mol. The summed E-state index contributed by atoms with van der Waals surface area (Å²) in [4.78, 5) is 12.0. The zero-order valence-electron chi connectivity index (χ0n) is 9.42. The molecule has 5 heteroatoms. The lowest BCUT2D eigenvalue weighted by atomic mass is 9.85. The Morgan fingerprint density at radius 2 is 2.12 bits per heavy atom. The van der Waals surface area contributed by atoms with Crippen LogP contribution in [0.2, 0.25) is 5.02 Å². The lowest BCUT2D eigenvalue weighted by molar-refractivity contribution is 0.0924. The number of hydrogen-bond acceptors (Lipinski definition) is 2. The molecule has 0 aliphatic carbocycles. The Kier molecular flexibility index (Phi) is 3.34. The second-order valence-corrected chi connectivity index (χ2v) is 4.88. The molecule has 1 aromatic rings. The second kappa shape index (κ2) is 4.48. The van der Waals surface area contributed by atoms with Gasteiger partial charge in [0.2, 0.25) is 0 Å². The van der Waals surface area contributed by atoms with Gasteiger partial charge in [0.1, 0.15) is 0 Å². The van der Waals surface area contributed by atoms with Gasteiger partial charge >= 0.3 is 0 Å². The molecule has 2 aliphatic heterocycles. The minimum atomic E-state index is -0.0337. The van der Waals surface area contributed by atoms with Crippen molar-refractivity contribution in [3.63, 3.8) is 0 Å². The van der Waals surface area contributed by atoms with Crippen LogP contribution in [0.15, 0.2) is 12.1 Å². The molecule has 0 radical (unpaired) electrons. The van der Waals surface area contributed by atoms with Crippen molar-refractivity contribution in [2.24, 2.45) is 0 Å². The van der Waals surface area contributed by atoms with E-state index in [1.807, 2.05) is 19.1 Å². The number of rotatable bonds is 0. The molecule has 17 heavy (non-hydrogen) atoms. The lowest BCUT2D eigenvalue weighted by Gasteiger charge is -2.29. The van der Waals surface area contributed by atoms with Crippen molar-refractivity contribution in [2.75, 3.05) is 13.1 Å². The summed E-state index contributed by atoms with van der Waals surface area (Å²) < 4.78 is 0. The maximum Gasteiger partial charge on any atom is 0.253 e. The summed E-state index contributed by atoms with van der Waals surface area (Å²) in [5, 5.41) is 6.92. The van der Waals surface area contributed by atoms with Gasteiger partial charge in [-0.2, -0.15) is 0 Å². The van der Waals surface area contributed by atoms with Gasteiger partial charge < -0.3 is 10.6 Å². The van der Waals surface area contributed by atoms with Gasteiger partial charge in [-0.15, -0.1) is 12.4 Å². The van der Waals surface area contributed by atoms with Crippen molar-refractivity contribution in [2.45, 2.75) is 18.9 Å². The van der Waals surface area contributed by atoms with Gasteiger partial charge in [0, 0.05) is 25.0 Å². The smallest absolute Gasteiger partial charge is 0.253 e. The Morgan fingerprint density at radius 3 is 2.88 bits per heavy atom. The monoisotopic (exact) mass is 272 g/mol. The Hall–Kier alpha value is -0.770. The first-order chi connectivity index (χ1) is 7.68. The van der Waals surface area contributed by atoms with Crippen LogP contribution in [0, 0.1) is 6.92 Å². The van der Waals surface area contributed by atoms with E-state index in [0.717, 1.165) is 24.2 Å². The average Bonchev–Trinajstić information content (AvgIpc) is 2.70. The van der Waals surface area contributed by atoms with Gasteiger partial charge in [0.15, 0.2) is 0 Å². The molecule has 2 N–H and O–H groups in total. The van der Waals surface area contributed by atoms with Crippen LogP contribution < -0.4 is 10.6 Å². The first kappa shape index (κ1) is 12.7. The Labute approximate surface area is 111 Å². The van der Waals surface area contributed by atoms with Crippen molar-refractivity contribution in [1.29, 1.82) is 0 Å². The van der Waals surface area contributed by atoms with E-state index in [2.05, 4.69) is 10.6 Å². The van der Waals surface area contributed by atoms with Gasteiger partial charge in [0.25, 0.3) is 5.91 Å². The van der Waals surface area contributed by atoms with E-state index in [9.17, 15) is 4.79 Å². The first-order valence-electron chi connectivity index (χ1n) is 5.49. The van der Waals surface area contributed by atoms with Crippen molar-refractivity contribution < 1.29 is 4.79 Å². The third kappa shape index (κ3) is 1.82. The van der Waals surface area contributed by atoms with Crippen molar-refractivity contribution >= 4 is 29.9 Å². The molecule has 0 bridgehead atoms. The van der Waals surface area contributed by atoms with Gasteiger partial charge in [-0.25, -0.2) is 0 Å². The van der Waals surface area contributed by atoms with Crippen LogP contribution in [0.1, 0.15) is 27.4 Å². The maximum absolute atomic E-state index is 12.0. The fourth-order valence-corrected chi connectivity index (χ4v) is 2.89. The Balaban J connectivity index is 0.00000108. The van der Waals surface area contributed by atoms with Crippen molar-refractivity contribution in [1.82, 2.24) is 10.6 Å². The molecule has 1 fully saturated rings. The number of carbonyl (C=O) groups is 1. The zero-order chi connectivity index (χ0) is 11.3. The fourth-order valence-electron chi connectivity index (χ4n) is 2.63. The molecule has 2 atom stereocenters. The highest BCUT2D eigenvalue weighted by molar-refractivity contribution is 6.35. The number of aryl methyl sites for hydroxylation is 1. The van der Waals surface area contributed by atoms with E-state index < -0.39 is 0 Å². The molecule has 92 valence electrons. The highest BCUT2D eigenvalue weighted by atomic mass is 35.5. The molecule has 1 aromatic carbocycles. The van der Waals surface area contributed by atoms with E-state index in [-0.39, 0.29) is 24.4 Å².